The van der Waals surface area contributed by atoms with Crippen molar-refractivity contribution in [3.05, 3.63) is 0 Å². The third-order valence-electron chi connectivity index (χ3n) is 12.0. The lowest BCUT2D eigenvalue weighted by atomic mass is 9.41. The highest BCUT2D eigenvalue weighted by atomic mass is 16.8. The van der Waals surface area contributed by atoms with Crippen LogP contribution in [0.4, 0.5) is 0 Å². The van der Waals surface area contributed by atoms with E-state index in [4.69, 9.17) is 18.9 Å². The van der Waals surface area contributed by atoms with Gasteiger partial charge in [0, 0.05) is 55.9 Å². The van der Waals surface area contributed by atoms with Gasteiger partial charge in [0.2, 0.25) is 0 Å². The minimum atomic E-state index is -1.13. The zero-order valence-electron chi connectivity index (χ0n) is 21.1. The molecule has 7 aliphatic rings. The first kappa shape index (κ1) is 22.8. The van der Waals surface area contributed by atoms with E-state index < -0.39 is 39.5 Å². The summed E-state index contributed by atoms with van der Waals surface area (Å²) in [5.41, 5.74) is -4.07. The van der Waals surface area contributed by atoms with E-state index in [0.29, 0.717) is 25.9 Å². The third kappa shape index (κ3) is 2.05. The molecule has 7 bridgehead atoms. The van der Waals surface area contributed by atoms with Gasteiger partial charge in [-0.05, 0) is 52.0 Å². The van der Waals surface area contributed by atoms with Gasteiger partial charge >= 0.3 is 0 Å². The molecule has 0 aromatic carbocycles. The topological polar surface area (TPSA) is 101 Å². The number of likely N-dealkylation sites (tertiary alicyclic amines) is 1. The highest BCUT2D eigenvalue weighted by Gasteiger charge is 2.91. The predicted molar refractivity (Wildman–Crippen MR) is 121 cm³/mol. The van der Waals surface area contributed by atoms with Crippen LogP contribution in [0.5, 0.6) is 0 Å². The highest BCUT2D eigenvalue weighted by molar-refractivity contribution is 5.40. The van der Waals surface area contributed by atoms with Crippen LogP contribution >= 0.6 is 0 Å². The molecule has 0 aromatic heterocycles. The number of methoxy groups -OCH3 is 2. The molecule has 8 heteroatoms. The van der Waals surface area contributed by atoms with Crippen LogP contribution in [-0.2, 0) is 18.9 Å². The Labute approximate surface area is 201 Å². The fraction of sp³-hybridized carbons (Fsp3) is 1.00. The number of fused-ring (bicyclic) bond motifs is 1. The van der Waals surface area contributed by atoms with Crippen molar-refractivity contribution in [2.75, 3.05) is 33.9 Å². The van der Waals surface area contributed by atoms with Gasteiger partial charge in [0.1, 0.15) is 5.60 Å². The van der Waals surface area contributed by atoms with E-state index >= 15 is 0 Å². The lowest BCUT2D eigenvalue weighted by Gasteiger charge is -2.71. The van der Waals surface area contributed by atoms with Crippen LogP contribution in [0.2, 0.25) is 0 Å². The number of piperidine rings is 1. The Morgan fingerprint density at radius 2 is 1.85 bits per heavy atom. The quantitative estimate of drug-likeness (QED) is 0.547. The fourth-order valence-corrected chi connectivity index (χ4v) is 11.4. The van der Waals surface area contributed by atoms with Crippen LogP contribution in [0.1, 0.15) is 52.9 Å². The maximum Gasteiger partial charge on any atom is 0.164 e. The van der Waals surface area contributed by atoms with E-state index in [-0.39, 0.29) is 36.0 Å². The molecule has 5 aliphatic carbocycles. The van der Waals surface area contributed by atoms with Crippen molar-refractivity contribution < 1.29 is 34.3 Å². The van der Waals surface area contributed by atoms with E-state index in [1.807, 2.05) is 13.8 Å². The maximum atomic E-state index is 13.0. The van der Waals surface area contributed by atoms with Gasteiger partial charge in [-0.3, -0.25) is 4.90 Å². The average molecular weight is 480 g/mol. The minimum Gasteiger partial charge on any atom is -0.390 e. The largest absolute Gasteiger partial charge is 0.390 e. The molecule has 192 valence electrons. The molecule has 5 saturated carbocycles. The Morgan fingerprint density at radius 3 is 2.53 bits per heavy atom. The van der Waals surface area contributed by atoms with E-state index in [9.17, 15) is 15.3 Å². The Hall–Kier alpha value is -0.320. The molecule has 8 nitrogen and oxygen atoms in total. The average Bonchev–Trinajstić information content (AvgIpc) is 3.24. The summed E-state index contributed by atoms with van der Waals surface area (Å²) in [5.74, 6) is -1.50. The van der Waals surface area contributed by atoms with Crippen molar-refractivity contribution in [1.29, 1.82) is 0 Å². The van der Waals surface area contributed by atoms with Crippen LogP contribution in [0.25, 0.3) is 0 Å². The first-order valence-electron chi connectivity index (χ1n) is 13.3. The van der Waals surface area contributed by atoms with Gasteiger partial charge in [0.15, 0.2) is 5.79 Å². The van der Waals surface area contributed by atoms with Gasteiger partial charge in [-0.25, -0.2) is 0 Å². The van der Waals surface area contributed by atoms with Gasteiger partial charge in [0.05, 0.1) is 36.1 Å². The molecule has 12 atom stereocenters. The van der Waals surface area contributed by atoms with Crippen molar-refractivity contribution in [1.82, 2.24) is 4.90 Å². The smallest absolute Gasteiger partial charge is 0.164 e. The van der Waals surface area contributed by atoms with Gasteiger partial charge in [0.25, 0.3) is 0 Å². The van der Waals surface area contributed by atoms with Gasteiger partial charge < -0.3 is 34.3 Å². The van der Waals surface area contributed by atoms with E-state index in [1.165, 1.54) is 0 Å². The zero-order chi connectivity index (χ0) is 24.1. The van der Waals surface area contributed by atoms with Crippen molar-refractivity contribution >= 4 is 0 Å². The minimum absolute atomic E-state index is 0.0156. The number of nitrogens with zero attached hydrogens (tertiary/aromatic N) is 1. The summed E-state index contributed by atoms with van der Waals surface area (Å²) in [5, 5.41) is 37.5. The fourth-order valence-electron chi connectivity index (χ4n) is 11.4. The lowest BCUT2D eigenvalue weighted by Crippen LogP contribution is -2.81. The molecule has 3 N–H and O–H groups in total. The molecular weight excluding hydrogens is 438 g/mol. The molecule has 0 amide bonds. The molecular formula is C26H41NO7. The summed E-state index contributed by atoms with van der Waals surface area (Å²) in [4.78, 5) is 2.50. The molecule has 2 saturated heterocycles. The summed E-state index contributed by atoms with van der Waals surface area (Å²) in [7, 11) is 3.49. The standard InChI is InChI=1S/C26H41NO7/c1-6-27-12-22(13-31-4)8-7-16(32-5)26-14-9-24-17(33-21(2,3)34-24)11-23(29,18(14)20(24)28)15(19(26)27)10-25(22,26)30/h14-20,28-30H,6-13H2,1-5H3/t14-,15+,16+,17+,18-,19?,20-,22+,23+,24+,25+,26-/m1/s1. The Morgan fingerprint density at radius 1 is 1.09 bits per heavy atom. The van der Waals surface area contributed by atoms with Crippen molar-refractivity contribution in [3.8, 4) is 0 Å². The number of aliphatic hydroxyl groups excluding tert-OH is 1. The first-order valence-corrected chi connectivity index (χ1v) is 13.3. The van der Waals surface area contributed by atoms with E-state index in [1.54, 1.807) is 14.2 Å². The molecule has 2 spiro atoms. The molecule has 1 unspecified atom stereocenters. The molecule has 0 radical (unpaired) electrons. The van der Waals surface area contributed by atoms with E-state index in [0.717, 1.165) is 25.9 Å². The third-order valence-corrected chi connectivity index (χ3v) is 12.0. The number of rotatable bonds is 4. The Bertz CT molecular complexity index is 916. The van der Waals surface area contributed by atoms with Crippen LogP contribution in [0.3, 0.4) is 0 Å². The van der Waals surface area contributed by atoms with Crippen LogP contribution in [0.15, 0.2) is 0 Å². The molecule has 7 fully saturated rings. The Balaban J connectivity index is 1.50. The first-order chi connectivity index (χ1) is 16.0. The molecule has 0 aromatic rings. The van der Waals surface area contributed by atoms with Crippen molar-refractivity contribution in [3.63, 3.8) is 0 Å². The van der Waals surface area contributed by atoms with Gasteiger partial charge in [-0.1, -0.05) is 6.92 Å². The lowest BCUT2D eigenvalue weighted by molar-refractivity contribution is -0.324. The van der Waals surface area contributed by atoms with Gasteiger partial charge in [-0.15, -0.1) is 0 Å². The SMILES string of the molecule is CCN1C[C@]2(COC)CC[C@H](OC)[C@]34C1[C@H](C[C@]23O)[C@@]1(O)C[C@@H]2OC(C)(C)O[C@@]23C[C@@H]4[C@@H]1[C@H]3O. The number of hydrogen-bond acceptors (Lipinski definition) is 8. The van der Waals surface area contributed by atoms with Crippen molar-refractivity contribution in [2.24, 2.45) is 28.6 Å². The second-order valence-electron chi connectivity index (χ2n) is 13.1. The number of hydrogen-bond donors (Lipinski definition) is 3. The van der Waals surface area contributed by atoms with Crippen LogP contribution in [-0.4, -0.2) is 101 Å². The Kier molecular flexibility index (Phi) is 4.29. The molecule has 2 aliphatic heterocycles. The summed E-state index contributed by atoms with van der Waals surface area (Å²) < 4.78 is 25.0. The summed E-state index contributed by atoms with van der Waals surface area (Å²) >= 11 is 0. The molecule has 2 heterocycles. The normalized spacial score (nSPS) is 62.6. The number of ether oxygens (including phenoxy) is 4. The maximum absolute atomic E-state index is 13.0. The summed E-state index contributed by atoms with van der Waals surface area (Å²) in [6.07, 6.45) is 1.84. The number of aliphatic hydroxyl groups is 3. The van der Waals surface area contributed by atoms with E-state index in [2.05, 4.69) is 11.8 Å². The van der Waals surface area contributed by atoms with Crippen LogP contribution in [0, 0.1) is 28.6 Å². The second-order valence-corrected chi connectivity index (χ2v) is 13.1. The van der Waals surface area contributed by atoms with Crippen LogP contribution < -0.4 is 0 Å². The summed E-state index contributed by atoms with van der Waals surface area (Å²) in [6.45, 7) is 8.06. The molecule has 34 heavy (non-hydrogen) atoms. The van der Waals surface area contributed by atoms with Crippen molar-refractivity contribution in [2.45, 2.75) is 99.8 Å². The highest BCUT2D eigenvalue weighted by Crippen LogP contribution is 2.81. The monoisotopic (exact) mass is 479 g/mol. The summed E-state index contributed by atoms with van der Waals surface area (Å²) in [6, 6.07) is -0.0156. The molecule has 7 rings (SSSR count). The predicted octanol–water partition coefficient (Wildman–Crippen LogP) is 0.905. The van der Waals surface area contributed by atoms with Gasteiger partial charge in [-0.2, -0.15) is 0 Å². The zero-order valence-corrected chi connectivity index (χ0v) is 21.1. The second kappa shape index (κ2) is 6.38.